The van der Waals surface area contributed by atoms with Crippen LogP contribution in [0, 0.1) is 29.6 Å². The Balaban J connectivity index is 1.78. The molecule has 0 aromatic carbocycles. The Labute approximate surface area is 96.1 Å². The smallest absolute Gasteiger partial charge is 0.251 e. The largest absolute Gasteiger partial charge is 0.320 e. The SMILES string of the molecule is NNC(=O)C(N)C1C2CC3CC(C2)CC1C3. The van der Waals surface area contributed by atoms with Crippen LogP contribution in [0.1, 0.15) is 32.1 Å². The van der Waals surface area contributed by atoms with Gasteiger partial charge in [0.2, 0.25) is 0 Å². The van der Waals surface area contributed by atoms with E-state index in [0.717, 1.165) is 11.8 Å². The van der Waals surface area contributed by atoms with Crippen LogP contribution < -0.4 is 17.0 Å². The predicted octanol–water partition coefficient (Wildman–Crippen LogP) is 0.376. The number of hydrazine groups is 1. The van der Waals surface area contributed by atoms with Gasteiger partial charge in [-0.15, -0.1) is 0 Å². The van der Waals surface area contributed by atoms with Crippen LogP contribution in [0.4, 0.5) is 0 Å². The highest BCUT2D eigenvalue weighted by Gasteiger charge is 2.50. The topological polar surface area (TPSA) is 81.1 Å². The van der Waals surface area contributed by atoms with Gasteiger partial charge in [0.1, 0.15) is 0 Å². The van der Waals surface area contributed by atoms with Crippen molar-refractivity contribution in [1.82, 2.24) is 5.43 Å². The lowest BCUT2D eigenvalue weighted by atomic mass is 9.50. The van der Waals surface area contributed by atoms with E-state index in [-0.39, 0.29) is 11.9 Å². The van der Waals surface area contributed by atoms with Gasteiger partial charge >= 0.3 is 0 Å². The monoisotopic (exact) mass is 223 g/mol. The van der Waals surface area contributed by atoms with Gasteiger partial charge in [0.25, 0.3) is 5.91 Å². The van der Waals surface area contributed by atoms with Crippen LogP contribution in [0.2, 0.25) is 0 Å². The summed E-state index contributed by atoms with van der Waals surface area (Å²) in [5.74, 6) is 8.60. The number of nitrogens with two attached hydrogens (primary N) is 2. The first-order valence-electron chi connectivity index (χ1n) is 6.45. The Hall–Kier alpha value is -0.610. The maximum Gasteiger partial charge on any atom is 0.251 e. The molecule has 4 heteroatoms. The quantitative estimate of drug-likeness (QED) is 0.359. The number of rotatable bonds is 2. The molecule has 4 nitrogen and oxygen atoms in total. The summed E-state index contributed by atoms with van der Waals surface area (Å²) in [4.78, 5) is 11.6. The van der Waals surface area contributed by atoms with Gasteiger partial charge in [0.05, 0.1) is 6.04 Å². The number of hydrogen-bond acceptors (Lipinski definition) is 3. The molecule has 0 radical (unpaired) electrons. The maximum atomic E-state index is 11.6. The van der Waals surface area contributed by atoms with Gasteiger partial charge < -0.3 is 5.73 Å². The zero-order chi connectivity index (χ0) is 11.3. The molecule has 5 N–H and O–H groups in total. The maximum absolute atomic E-state index is 11.6. The molecule has 0 saturated heterocycles. The highest BCUT2D eigenvalue weighted by atomic mass is 16.2. The van der Waals surface area contributed by atoms with Crippen molar-refractivity contribution in [2.45, 2.75) is 38.1 Å². The first-order valence-corrected chi connectivity index (χ1v) is 6.45. The molecule has 0 spiro atoms. The molecule has 1 unspecified atom stereocenters. The van der Waals surface area contributed by atoms with E-state index < -0.39 is 0 Å². The number of hydrogen-bond donors (Lipinski definition) is 3. The molecule has 0 aliphatic heterocycles. The highest BCUT2D eigenvalue weighted by Crippen LogP contribution is 2.57. The Bertz CT molecular complexity index is 277. The van der Waals surface area contributed by atoms with E-state index >= 15 is 0 Å². The van der Waals surface area contributed by atoms with E-state index in [1.54, 1.807) is 0 Å². The summed E-state index contributed by atoms with van der Waals surface area (Å²) in [6.07, 6.45) is 6.61. The number of carbonyl (C=O) groups is 1. The number of carbonyl (C=O) groups excluding carboxylic acids is 1. The molecule has 4 fully saturated rings. The van der Waals surface area contributed by atoms with E-state index in [2.05, 4.69) is 5.43 Å². The van der Waals surface area contributed by atoms with Crippen LogP contribution in [0.5, 0.6) is 0 Å². The van der Waals surface area contributed by atoms with Gasteiger partial charge in [-0.2, -0.15) is 0 Å². The summed E-state index contributed by atoms with van der Waals surface area (Å²) in [5, 5.41) is 0. The Kier molecular flexibility index (Phi) is 2.44. The van der Waals surface area contributed by atoms with Crippen molar-refractivity contribution in [2.75, 3.05) is 0 Å². The minimum absolute atomic E-state index is 0.183. The Morgan fingerprint density at radius 2 is 1.56 bits per heavy atom. The fourth-order valence-corrected chi connectivity index (χ4v) is 4.82. The van der Waals surface area contributed by atoms with Gasteiger partial charge in [0.15, 0.2) is 0 Å². The predicted molar refractivity (Wildman–Crippen MR) is 60.8 cm³/mol. The molecule has 4 bridgehead atoms. The third-order valence-electron chi connectivity index (χ3n) is 5.16. The lowest BCUT2D eigenvalue weighted by Crippen LogP contribution is -2.57. The highest BCUT2D eigenvalue weighted by molar-refractivity contribution is 5.81. The first kappa shape index (κ1) is 10.5. The van der Waals surface area contributed by atoms with Crippen molar-refractivity contribution < 1.29 is 4.79 Å². The molecule has 0 heterocycles. The number of nitrogens with one attached hydrogen (secondary N) is 1. The second-order valence-corrected chi connectivity index (χ2v) is 6.04. The van der Waals surface area contributed by atoms with Gasteiger partial charge in [-0.3, -0.25) is 10.2 Å². The van der Waals surface area contributed by atoms with Gasteiger partial charge in [-0.1, -0.05) is 0 Å². The normalized spacial score (nSPS) is 46.8. The molecular formula is C12H21N3O. The van der Waals surface area contributed by atoms with Crippen LogP contribution >= 0.6 is 0 Å². The Morgan fingerprint density at radius 1 is 1.06 bits per heavy atom. The van der Waals surface area contributed by atoms with Gasteiger partial charge in [-0.05, 0) is 61.7 Å². The molecule has 4 rings (SSSR count). The lowest BCUT2D eigenvalue weighted by Gasteiger charge is -2.55. The molecule has 1 amide bonds. The van der Waals surface area contributed by atoms with Crippen LogP contribution in [0.25, 0.3) is 0 Å². The van der Waals surface area contributed by atoms with Crippen molar-refractivity contribution in [3.63, 3.8) is 0 Å². The molecule has 4 saturated carbocycles. The summed E-state index contributed by atoms with van der Waals surface area (Å²) in [5.41, 5.74) is 8.27. The molecule has 4 aliphatic carbocycles. The van der Waals surface area contributed by atoms with Crippen molar-refractivity contribution in [2.24, 2.45) is 41.2 Å². The van der Waals surface area contributed by atoms with E-state index in [1.807, 2.05) is 0 Å². The summed E-state index contributed by atoms with van der Waals surface area (Å²) >= 11 is 0. The molecule has 0 aromatic rings. The second kappa shape index (κ2) is 3.70. The lowest BCUT2D eigenvalue weighted by molar-refractivity contribution is -0.128. The molecule has 4 aliphatic rings. The van der Waals surface area contributed by atoms with Crippen LogP contribution in [0.3, 0.4) is 0 Å². The van der Waals surface area contributed by atoms with Gasteiger partial charge in [-0.25, -0.2) is 5.84 Å². The third kappa shape index (κ3) is 1.47. The molecule has 90 valence electrons. The zero-order valence-electron chi connectivity index (χ0n) is 9.56. The molecule has 16 heavy (non-hydrogen) atoms. The molecular weight excluding hydrogens is 202 g/mol. The summed E-state index contributed by atoms with van der Waals surface area (Å²) in [6.45, 7) is 0. The number of amides is 1. The Morgan fingerprint density at radius 3 is 2.00 bits per heavy atom. The van der Waals surface area contributed by atoms with Crippen LogP contribution in [-0.4, -0.2) is 11.9 Å². The summed E-state index contributed by atoms with van der Waals surface area (Å²) in [7, 11) is 0. The first-order chi connectivity index (χ1) is 7.69. The van der Waals surface area contributed by atoms with Gasteiger partial charge in [0, 0.05) is 0 Å². The summed E-state index contributed by atoms with van der Waals surface area (Å²) < 4.78 is 0. The fourth-order valence-electron chi connectivity index (χ4n) is 4.82. The average Bonchev–Trinajstić information content (AvgIpc) is 2.26. The minimum atomic E-state index is -0.389. The van der Waals surface area contributed by atoms with Crippen molar-refractivity contribution in [3.05, 3.63) is 0 Å². The van der Waals surface area contributed by atoms with E-state index in [1.165, 1.54) is 32.1 Å². The van der Waals surface area contributed by atoms with E-state index in [4.69, 9.17) is 11.6 Å². The van der Waals surface area contributed by atoms with E-state index in [0.29, 0.717) is 17.8 Å². The van der Waals surface area contributed by atoms with E-state index in [9.17, 15) is 4.79 Å². The second-order valence-electron chi connectivity index (χ2n) is 6.04. The standard InChI is InChI=1S/C12H21N3O/c13-11(12(16)15-14)10-8-2-6-1-7(4-8)5-9(10)3-6/h6-11H,1-5,13-14H2,(H,15,16). The molecule has 1 atom stereocenters. The minimum Gasteiger partial charge on any atom is -0.320 e. The van der Waals surface area contributed by atoms with Crippen molar-refractivity contribution >= 4 is 5.91 Å². The third-order valence-corrected chi connectivity index (χ3v) is 5.16. The van der Waals surface area contributed by atoms with Crippen LogP contribution in [0.15, 0.2) is 0 Å². The molecule has 0 aromatic heterocycles. The zero-order valence-corrected chi connectivity index (χ0v) is 9.56. The summed E-state index contributed by atoms with van der Waals surface area (Å²) in [6, 6.07) is -0.389. The van der Waals surface area contributed by atoms with Crippen LogP contribution in [-0.2, 0) is 4.79 Å². The van der Waals surface area contributed by atoms with Crippen molar-refractivity contribution in [1.29, 1.82) is 0 Å². The average molecular weight is 223 g/mol. The van der Waals surface area contributed by atoms with Crippen molar-refractivity contribution in [3.8, 4) is 0 Å². The fraction of sp³-hybridized carbons (Fsp3) is 0.917.